The second-order valence-corrected chi connectivity index (χ2v) is 12.8. The Bertz CT molecular complexity index is 1220. The van der Waals surface area contributed by atoms with Crippen LogP contribution < -0.4 is 15.4 Å². The third-order valence-electron chi connectivity index (χ3n) is 9.86. The molecule has 3 fully saturated rings. The Labute approximate surface area is 257 Å². The second kappa shape index (κ2) is 15.6. The van der Waals surface area contributed by atoms with Crippen molar-refractivity contribution in [1.82, 2.24) is 15.2 Å². The predicted molar refractivity (Wildman–Crippen MR) is 171 cm³/mol. The fraction of sp³-hybridized carbons (Fsp3) is 0.629. The number of likely N-dealkylation sites (tertiary alicyclic amines) is 1. The van der Waals surface area contributed by atoms with E-state index in [-0.39, 0.29) is 24.6 Å². The Morgan fingerprint density at radius 3 is 2.58 bits per heavy atom. The van der Waals surface area contributed by atoms with Gasteiger partial charge in [0.15, 0.2) is 0 Å². The minimum absolute atomic E-state index is 0.134. The molecule has 1 aromatic heterocycles. The van der Waals surface area contributed by atoms with Gasteiger partial charge in [0.2, 0.25) is 5.91 Å². The summed E-state index contributed by atoms with van der Waals surface area (Å²) in [5.41, 5.74) is 0. The lowest BCUT2D eigenvalue weighted by atomic mass is 9.72. The van der Waals surface area contributed by atoms with Gasteiger partial charge in [0.1, 0.15) is 18.2 Å². The summed E-state index contributed by atoms with van der Waals surface area (Å²) >= 11 is 0. The van der Waals surface area contributed by atoms with Crippen LogP contribution >= 0.6 is 0 Å². The molecule has 1 saturated heterocycles. The minimum atomic E-state index is -0.571. The van der Waals surface area contributed by atoms with E-state index in [9.17, 15) is 9.59 Å². The summed E-state index contributed by atoms with van der Waals surface area (Å²) in [4.78, 5) is 32.0. The first kappa shape index (κ1) is 31.3. The third-order valence-corrected chi connectivity index (χ3v) is 9.86. The number of benzene rings is 1. The smallest absolute Gasteiger partial charge is 0.413 e. The number of anilines is 1. The highest BCUT2D eigenvalue weighted by molar-refractivity contribution is 5.98. The highest BCUT2D eigenvalue weighted by Gasteiger charge is 2.33. The molecule has 8 heteroatoms. The van der Waals surface area contributed by atoms with Gasteiger partial charge in [-0.3, -0.25) is 10.1 Å². The van der Waals surface area contributed by atoms with Gasteiger partial charge >= 0.3 is 6.09 Å². The Hall–Kier alpha value is -3.13. The van der Waals surface area contributed by atoms with Crippen molar-refractivity contribution in [2.24, 2.45) is 11.8 Å². The maximum atomic E-state index is 13.6. The molecular weight excluding hydrogens is 540 g/mol. The second-order valence-electron chi connectivity index (χ2n) is 12.8. The van der Waals surface area contributed by atoms with Gasteiger partial charge in [-0.2, -0.15) is 0 Å². The SMILES string of the molecule is C=CCOC(=O)Nc1nccc2cc(OCCC3CCCCN3C(=O)[C@H](C)NC3CCC(C4CCCCC4)CC3)ccc12. The summed E-state index contributed by atoms with van der Waals surface area (Å²) < 4.78 is 11.2. The maximum Gasteiger partial charge on any atom is 0.413 e. The fourth-order valence-corrected chi connectivity index (χ4v) is 7.55. The van der Waals surface area contributed by atoms with Crippen LogP contribution in [0.5, 0.6) is 5.75 Å². The molecule has 1 aromatic carbocycles. The van der Waals surface area contributed by atoms with Crippen LogP contribution in [0.2, 0.25) is 0 Å². The Morgan fingerprint density at radius 1 is 1.02 bits per heavy atom. The van der Waals surface area contributed by atoms with Gasteiger partial charge in [-0.05, 0) is 93.4 Å². The zero-order valence-electron chi connectivity index (χ0n) is 25.9. The summed E-state index contributed by atoms with van der Waals surface area (Å²) in [5.74, 6) is 3.29. The van der Waals surface area contributed by atoms with Gasteiger partial charge < -0.3 is 19.7 Å². The Balaban J connectivity index is 1.10. The molecule has 1 unspecified atom stereocenters. The first-order chi connectivity index (χ1) is 21.0. The van der Waals surface area contributed by atoms with Crippen molar-refractivity contribution in [2.75, 3.05) is 25.1 Å². The van der Waals surface area contributed by atoms with Crippen LogP contribution in [-0.4, -0.2) is 59.8 Å². The molecule has 8 nitrogen and oxygen atoms in total. The molecule has 2 N–H and O–H groups in total. The van der Waals surface area contributed by atoms with Crippen LogP contribution in [0.25, 0.3) is 10.8 Å². The number of pyridine rings is 1. The van der Waals surface area contributed by atoms with E-state index >= 15 is 0 Å². The molecule has 2 amide bonds. The number of nitrogens with one attached hydrogen (secondary N) is 2. The molecule has 1 aliphatic heterocycles. The quantitative estimate of drug-likeness (QED) is 0.268. The number of ether oxygens (including phenoxy) is 2. The summed E-state index contributed by atoms with van der Waals surface area (Å²) in [7, 11) is 0. The summed E-state index contributed by atoms with van der Waals surface area (Å²) in [6, 6.07) is 8.15. The number of piperidine rings is 1. The van der Waals surface area contributed by atoms with Gasteiger partial charge in [0.25, 0.3) is 0 Å². The number of hydrogen-bond donors (Lipinski definition) is 2. The summed E-state index contributed by atoms with van der Waals surface area (Å²) in [6.45, 7) is 7.12. The maximum absolute atomic E-state index is 13.6. The standard InChI is InChI=1S/C35H50N4O4/c1-3-22-43-35(41)38-33-32-17-16-31(24-28(32)18-20-36-33)42-23-19-30-11-7-8-21-39(30)34(40)25(2)37-29-14-12-27(13-15-29)26-9-5-4-6-10-26/h3,16-18,20,24-27,29-30,37H,1,4-15,19,21-23H2,2H3,(H,36,38,41)/t25-,27?,29?,30?/m0/s1. The lowest BCUT2D eigenvalue weighted by Gasteiger charge is -2.39. The van der Waals surface area contributed by atoms with Crippen LogP contribution in [0.1, 0.15) is 90.4 Å². The first-order valence-corrected chi connectivity index (χ1v) is 16.6. The highest BCUT2D eigenvalue weighted by atomic mass is 16.5. The van der Waals surface area contributed by atoms with Crippen molar-refractivity contribution in [2.45, 2.75) is 109 Å². The molecule has 0 spiro atoms. The van der Waals surface area contributed by atoms with E-state index < -0.39 is 6.09 Å². The molecule has 3 aliphatic rings. The molecule has 2 atom stereocenters. The number of carbonyl (C=O) groups excluding carboxylic acids is 2. The largest absolute Gasteiger partial charge is 0.493 e. The van der Waals surface area contributed by atoms with Crippen molar-refractivity contribution < 1.29 is 19.1 Å². The number of hydrogen-bond acceptors (Lipinski definition) is 6. The van der Waals surface area contributed by atoms with Gasteiger partial charge in [-0.25, -0.2) is 9.78 Å². The van der Waals surface area contributed by atoms with Crippen molar-refractivity contribution >= 4 is 28.6 Å². The van der Waals surface area contributed by atoms with Crippen LogP contribution in [0, 0.1) is 11.8 Å². The molecular formula is C35H50N4O4. The Morgan fingerprint density at radius 2 is 1.79 bits per heavy atom. The van der Waals surface area contributed by atoms with E-state index in [1.807, 2.05) is 24.3 Å². The van der Waals surface area contributed by atoms with Crippen molar-refractivity contribution in [1.29, 1.82) is 0 Å². The van der Waals surface area contributed by atoms with E-state index in [0.29, 0.717) is 18.5 Å². The first-order valence-electron chi connectivity index (χ1n) is 16.6. The van der Waals surface area contributed by atoms with E-state index in [0.717, 1.165) is 60.6 Å². The van der Waals surface area contributed by atoms with E-state index in [4.69, 9.17) is 9.47 Å². The monoisotopic (exact) mass is 590 g/mol. The molecule has 0 radical (unpaired) electrons. The number of aromatic nitrogens is 1. The molecule has 2 aliphatic carbocycles. The molecule has 2 aromatic rings. The minimum Gasteiger partial charge on any atom is -0.493 e. The van der Waals surface area contributed by atoms with E-state index in [2.05, 4.69) is 34.0 Å². The number of nitrogens with zero attached hydrogens (tertiary/aromatic N) is 2. The highest BCUT2D eigenvalue weighted by Crippen LogP contribution is 2.38. The molecule has 2 saturated carbocycles. The van der Waals surface area contributed by atoms with E-state index in [1.165, 1.54) is 63.9 Å². The molecule has 234 valence electrons. The number of rotatable bonds is 11. The zero-order valence-corrected chi connectivity index (χ0v) is 25.9. The van der Waals surface area contributed by atoms with Crippen LogP contribution in [0.3, 0.4) is 0 Å². The van der Waals surface area contributed by atoms with Crippen molar-refractivity contribution in [3.05, 3.63) is 43.1 Å². The topological polar surface area (TPSA) is 92.8 Å². The summed E-state index contributed by atoms with van der Waals surface area (Å²) in [5, 5.41) is 8.12. The lowest BCUT2D eigenvalue weighted by Crippen LogP contribution is -2.53. The zero-order chi connectivity index (χ0) is 30.0. The molecule has 0 bridgehead atoms. The summed E-state index contributed by atoms with van der Waals surface area (Å²) in [6.07, 6.45) is 18.8. The van der Waals surface area contributed by atoms with Gasteiger partial charge in [0, 0.05) is 36.6 Å². The van der Waals surface area contributed by atoms with Crippen LogP contribution in [0.4, 0.5) is 10.6 Å². The van der Waals surface area contributed by atoms with Crippen LogP contribution in [-0.2, 0) is 9.53 Å². The van der Waals surface area contributed by atoms with Crippen LogP contribution in [0.15, 0.2) is 43.1 Å². The third kappa shape index (κ3) is 8.49. The van der Waals surface area contributed by atoms with Gasteiger partial charge in [-0.1, -0.05) is 44.8 Å². The average molecular weight is 591 g/mol. The number of carbonyl (C=O) groups is 2. The van der Waals surface area contributed by atoms with E-state index in [1.54, 1.807) is 6.20 Å². The van der Waals surface area contributed by atoms with Gasteiger partial charge in [0.05, 0.1) is 12.6 Å². The number of fused-ring (bicyclic) bond motifs is 1. The van der Waals surface area contributed by atoms with Crippen molar-refractivity contribution in [3.63, 3.8) is 0 Å². The molecule has 2 heterocycles. The van der Waals surface area contributed by atoms with Crippen molar-refractivity contribution in [3.8, 4) is 5.75 Å². The Kier molecular flexibility index (Phi) is 11.3. The normalized spacial score (nSPS) is 23.8. The molecule has 43 heavy (non-hydrogen) atoms. The molecule has 5 rings (SSSR count). The predicted octanol–water partition coefficient (Wildman–Crippen LogP) is 7.24. The lowest BCUT2D eigenvalue weighted by molar-refractivity contribution is -0.137. The fourth-order valence-electron chi connectivity index (χ4n) is 7.55. The average Bonchev–Trinajstić information content (AvgIpc) is 3.04. The van der Waals surface area contributed by atoms with Gasteiger partial charge in [-0.15, -0.1) is 0 Å². The number of amides is 2.